The highest BCUT2D eigenvalue weighted by atomic mass is 19.1. The van der Waals surface area contributed by atoms with E-state index in [1.165, 1.54) is 55.7 Å². The van der Waals surface area contributed by atoms with Gasteiger partial charge in [-0.05, 0) is 109 Å². The Morgan fingerprint density at radius 1 is 0.878 bits per heavy atom. The van der Waals surface area contributed by atoms with E-state index in [0.29, 0.717) is 11.8 Å². The third kappa shape index (κ3) is 4.80. The lowest BCUT2D eigenvalue weighted by molar-refractivity contribution is 0.154. The van der Waals surface area contributed by atoms with E-state index in [1.807, 2.05) is 0 Å². The monoisotopic (exact) mass is 538 g/mol. The molecule has 5 aliphatic rings. The van der Waals surface area contributed by atoms with Crippen molar-refractivity contribution in [2.45, 2.75) is 52.1 Å². The third-order valence-corrected chi connectivity index (χ3v) is 9.90. The van der Waals surface area contributed by atoms with Crippen LogP contribution in [0.3, 0.4) is 0 Å². The predicted molar refractivity (Wildman–Crippen MR) is 172 cm³/mol. The molecule has 0 aromatic heterocycles. The average Bonchev–Trinajstić information content (AvgIpc) is 2.99. The lowest BCUT2D eigenvalue weighted by atomic mass is 9.58. The molecule has 0 fully saturated rings. The van der Waals surface area contributed by atoms with Crippen LogP contribution in [0.4, 0.5) is 4.39 Å². The summed E-state index contributed by atoms with van der Waals surface area (Å²) in [4.78, 5) is 0. The lowest BCUT2D eigenvalue weighted by Gasteiger charge is -2.45. The van der Waals surface area contributed by atoms with Crippen LogP contribution >= 0.6 is 0 Å². The summed E-state index contributed by atoms with van der Waals surface area (Å²) >= 11 is 0. The molecule has 4 unspecified atom stereocenters. The van der Waals surface area contributed by atoms with Crippen LogP contribution in [0.15, 0.2) is 120 Å². The molecule has 0 saturated carbocycles. The molecule has 0 saturated heterocycles. The molecule has 0 N–H and O–H groups in total. The highest BCUT2D eigenvalue weighted by Crippen LogP contribution is 2.55. The molecule has 4 atom stereocenters. The van der Waals surface area contributed by atoms with Crippen LogP contribution in [-0.4, -0.2) is 5.67 Å². The van der Waals surface area contributed by atoms with E-state index >= 15 is 0 Å². The minimum absolute atomic E-state index is 0.0739. The molecule has 0 bridgehead atoms. The largest absolute Gasteiger partial charge is 0.244 e. The molecule has 7 rings (SSSR count). The lowest BCUT2D eigenvalue weighted by Crippen LogP contribution is -2.34. The second kappa shape index (κ2) is 10.3. The van der Waals surface area contributed by atoms with Gasteiger partial charge in [-0.3, -0.25) is 0 Å². The number of hydrogen-bond acceptors (Lipinski definition) is 0. The molecule has 1 heteroatoms. The molecule has 2 aromatic rings. The first-order chi connectivity index (χ1) is 19.9. The Kier molecular flexibility index (Phi) is 6.57. The molecule has 0 aliphatic heterocycles. The molecular formula is C40H39F. The zero-order valence-corrected chi connectivity index (χ0v) is 24.4. The summed E-state index contributed by atoms with van der Waals surface area (Å²) in [5.74, 6) is 0.864. The van der Waals surface area contributed by atoms with Crippen LogP contribution in [0.2, 0.25) is 0 Å². The molecule has 2 aromatic carbocycles. The van der Waals surface area contributed by atoms with Gasteiger partial charge < -0.3 is 0 Å². The van der Waals surface area contributed by atoms with Crippen LogP contribution < -0.4 is 0 Å². The second-order valence-corrected chi connectivity index (χ2v) is 12.9. The Labute approximate surface area is 244 Å². The van der Waals surface area contributed by atoms with Crippen LogP contribution in [0.1, 0.15) is 60.9 Å². The van der Waals surface area contributed by atoms with E-state index in [-0.39, 0.29) is 11.8 Å². The minimum Gasteiger partial charge on any atom is -0.244 e. The first kappa shape index (κ1) is 26.2. The first-order valence-corrected chi connectivity index (χ1v) is 15.3. The van der Waals surface area contributed by atoms with E-state index in [0.717, 1.165) is 25.7 Å². The fourth-order valence-electron chi connectivity index (χ4n) is 7.59. The second-order valence-electron chi connectivity index (χ2n) is 12.9. The van der Waals surface area contributed by atoms with E-state index < -0.39 is 5.67 Å². The number of allylic oxidation sites excluding steroid dienone is 15. The summed E-state index contributed by atoms with van der Waals surface area (Å²) in [6, 6.07) is 16.1. The van der Waals surface area contributed by atoms with Crippen LogP contribution in [0.25, 0.3) is 17.2 Å². The van der Waals surface area contributed by atoms with Gasteiger partial charge in [0.15, 0.2) is 0 Å². The number of halogens is 1. The van der Waals surface area contributed by atoms with Crippen LogP contribution in [0.5, 0.6) is 0 Å². The van der Waals surface area contributed by atoms with Gasteiger partial charge in [-0.2, -0.15) is 0 Å². The number of rotatable bonds is 4. The highest BCUT2D eigenvalue weighted by Gasteiger charge is 2.43. The standard InChI is InChI=1S/C40H39F/c1-26-12-14-28(15-13-26)31-20-23-36-37(25-31)38(29-18-21-33(22-19-29)40(2,3)41)34-10-6-7-11-35(34)39(36)32-17-16-27-8-4-5-9-30(27)24-32/h5-7,9-21,23-24,33-34,37-38H,4,8,22,25H2,1-3H3. The van der Waals surface area contributed by atoms with Crippen LogP contribution in [-0.2, 0) is 6.42 Å². The summed E-state index contributed by atoms with van der Waals surface area (Å²) in [7, 11) is 0. The third-order valence-electron chi connectivity index (χ3n) is 9.90. The predicted octanol–water partition coefficient (Wildman–Crippen LogP) is 10.4. The Hall–Kier alpha value is -3.71. The van der Waals surface area contributed by atoms with Crippen molar-refractivity contribution in [3.63, 3.8) is 0 Å². The van der Waals surface area contributed by atoms with Crippen molar-refractivity contribution in [2.24, 2.45) is 23.7 Å². The maximum absolute atomic E-state index is 14.9. The summed E-state index contributed by atoms with van der Waals surface area (Å²) < 4.78 is 14.9. The van der Waals surface area contributed by atoms with Crippen molar-refractivity contribution in [3.05, 3.63) is 148 Å². The molecule has 0 amide bonds. The Morgan fingerprint density at radius 3 is 2.49 bits per heavy atom. The smallest absolute Gasteiger partial charge is 0.112 e. The van der Waals surface area contributed by atoms with Crippen molar-refractivity contribution in [3.8, 4) is 0 Å². The van der Waals surface area contributed by atoms with Gasteiger partial charge in [0.2, 0.25) is 0 Å². The zero-order valence-electron chi connectivity index (χ0n) is 24.4. The molecule has 0 radical (unpaired) electrons. The normalized spacial score (nSPS) is 26.6. The molecule has 0 spiro atoms. The number of fused-ring (bicyclic) bond motifs is 3. The topological polar surface area (TPSA) is 0 Å². The van der Waals surface area contributed by atoms with Crippen molar-refractivity contribution >= 4 is 17.2 Å². The number of aryl methyl sites for hydroxylation is 2. The van der Waals surface area contributed by atoms with Gasteiger partial charge in [0, 0.05) is 17.8 Å². The van der Waals surface area contributed by atoms with E-state index in [1.54, 1.807) is 13.8 Å². The molecular weight excluding hydrogens is 499 g/mol. The number of hydrogen-bond donors (Lipinski definition) is 0. The van der Waals surface area contributed by atoms with Gasteiger partial charge >= 0.3 is 0 Å². The number of alkyl halides is 1. The van der Waals surface area contributed by atoms with E-state index in [2.05, 4.69) is 116 Å². The van der Waals surface area contributed by atoms with Crippen molar-refractivity contribution in [1.29, 1.82) is 0 Å². The summed E-state index contributed by atoms with van der Waals surface area (Å²) in [6.07, 6.45) is 29.3. The van der Waals surface area contributed by atoms with Crippen LogP contribution in [0, 0.1) is 30.6 Å². The highest BCUT2D eigenvalue weighted by molar-refractivity contribution is 5.89. The van der Waals surface area contributed by atoms with Crippen molar-refractivity contribution in [1.82, 2.24) is 0 Å². The maximum atomic E-state index is 14.9. The molecule has 0 heterocycles. The van der Waals surface area contributed by atoms with E-state index in [4.69, 9.17) is 0 Å². The van der Waals surface area contributed by atoms with Crippen molar-refractivity contribution in [2.75, 3.05) is 0 Å². The average molecular weight is 539 g/mol. The Balaban J connectivity index is 1.38. The quantitative estimate of drug-likeness (QED) is 0.363. The minimum atomic E-state index is -1.21. The fraction of sp³-hybridized carbons (Fsp3) is 0.300. The molecule has 206 valence electrons. The maximum Gasteiger partial charge on any atom is 0.112 e. The van der Waals surface area contributed by atoms with Crippen molar-refractivity contribution < 1.29 is 4.39 Å². The fourth-order valence-corrected chi connectivity index (χ4v) is 7.59. The first-order valence-electron chi connectivity index (χ1n) is 15.3. The van der Waals surface area contributed by atoms with Gasteiger partial charge in [0.05, 0.1) is 0 Å². The summed E-state index contributed by atoms with van der Waals surface area (Å²) in [5.41, 5.74) is 12.5. The summed E-state index contributed by atoms with van der Waals surface area (Å²) in [6.45, 7) is 5.56. The molecule has 0 nitrogen and oxygen atoms in total. The van der Waals surface area contributed by atoms with Gasteiger partial charge in [0.25, 0.3) is 0 Å². The molecule has 5 aliphatic carbocycles. The number of benzene rings is 2. The van der Waals surface area contributed by atoms with Gasteiger partial charge in [-0.25, -0.2) is 4.39 Å². The Bertz CT molecular complexity index is 1620. The van der Waals surface area contributed by atoms with Gasteiger partial charge in [-0.1, -0.05) is 109 Å². The van der Waals surface area contributed by atoms with Gasteiger partial charge in [-0.15, -0.1) is 0 Å². The van der Waals surface area contributed by atoms with E-state index in [9.17, 15) is 4.39 Å². The summed E-state index contributed by atoms with van der Waals surface area (Å²) in [5, 5.41) is 0. The zero-order chi connectivity index (χ0) is 28.1. The Morgan fingerprint density at radius 2 is 1.71 bits per heavy atom. The SMILES string of the molecule is Cc1ccc(C2=CC=C3C(c4ccc5c(c4)C=CCC5)=C4C=CC=CC4C(C4=CCC(C(C)(C)F)C=C4)C3C2)cc1. The van der Waals surface area contributed by atoms with Gasteiger partial charge in [0.1, 0.15) is 5.67 Å². The molecule has 41 heavy (non-hydrogen) atoms.